The molecular formula is C21H29N5O2. The second-order valence-electron chi connectivity index (χ2n) is 8.59. The number of nitrogens with zero attached hydrogens (tertiary/aromatic N) is 3. The van der Waals surface area contributed by atoms with Crippen LogP contribution in [0, 0.1) is 11.8 Å². The SMILES string of the molecule is CC(C)Cc1cc(C(=O)NCCN2C[C@@H]3C[C@H](C2)c2cccc(=O)n2C3)n[nH]1. The van der Waals surface area contributed by atoms with Crippen molar-refractivity contribution < 1.29 is 4.79 Å². The van der Waals surface area contributed by atoms with Crippen molar-refractivity contribution in [3.8, 4) is 0 Å². The Morgan fingerprint density at radius 1 is 1.32 bits per heavy atom. The van der Waals surface area contributed by atoms with Gasteiger partial charge in [0, 0.05) is 56.1 Å². The standard InChI is InChI=1S/C21H29N5O2/c1-14(2)8-17-10-18(24-23-17)21(28)22-6-7-25-11-15-9-16(13-25)19-4-3-5-20(27)26(19)12-15/h3-5,10,14-16H,6-9,11-13H2,1-2H3,(H,22,28)(H,23,24)/t15-,16+/m0/s1. The predicted molar refractivity (Wildman–Crippen MR) is 107 cm³/mol. The summed E-state index contributed by atoms with van der Waals surface area (Å²) in [5.41, 5.74) is 2.73. The molecule has 2 atom stereocenters. The molecular weight excluding hydrogens is 354 g/mol. The van der Waals surface area contributed by atoms with Crippen molar-refractivity contribution >= 4 is 5.91 Å². The van der Waals surface area contributed by atoms with Crippen molar-refractivity contribution in [3.63, 3.8) is 0 Å². The van der Waals surface area contributed by atoms with E-state index in [1.54, 1.807) is 6.07 Å². The Balaban J connectivity index is 1.30. The number of likely N-dealkylation sites (tertiary alicyclic amines) is 1. The van der Waals surface area contributed by atoms with E-state index in [0.717, 1.165) is 50.4 Å². The highest BCUT2D eigenvalue weighted by molar-refractivity contribution is 5.92. The number of amides is 1. The molecule has 150 valence electrons. The van der Waals surface area contributed by atoms with Crippen molar-refractivity contribution in [3.05, 3.63) is 51.7 Å². The Bertz CT molecular complexity index is 900. The lowest BCUT2D eigenvalue weighted by molar-refractivity contribution is 0.0923. The van der Waals surface area contributed by atoms with E-state index in [1.807, 2.05) is 16.7 Å². The number of fused-ring (bicyclic) bond motifs is 4. The van der Waals surface area contributed by atoms with Crippen LogP contribution < -0.4 is 10.9 Å². The zero-order chi connectivity index (χ0) is 19.7. The van der Waals surface area contributed by atoms with Gasteiger partial charge in [-0.15, -0.1) is 0 Å². The number of hydrogen-bond acceptors (Lipinski definition) is 4. The van der Waals surface area contributed by atoms with E-state index in [1.165, 1.54) is 0 Å². The summed E-state index contributed by atoms with van der Waals surface area (Å²) in [6.07, 6.45) is 2.04. The maximum absolute atomic E-state index is 12.3. The lowest BCUT2D eigenvalue weighted by Gasteiger charge is -2.42. The predicted octanol–water partition coefficient (Wildman–Crippen LogP) is 1.62. The van der Waals surface area contributed by atoms with Gasteiger partial charge in [-0.25, -0.2) is 0 Å². The Hall–Kier alpha value is -2.41. The third kappa shape index (κ3) is 4.04. The van der Waals surface area contributed by atoms with E-state index < -0.39 is 0 Å². The van der Waals surface area contributed by atoms with E-state index in [0.29, 0.717) is 30.0 Å². The van der Waals surface area contributed by atoms with E-state index in [4.69, 9.17) is 0 Å². The molecule has 4 heterocycles. The highest BCUT2D eigenvalue weighted by Crippen LogP contribution is 2.34. The van der Waals surface area contributed by atoms with Crippen LogP contribution in [0.2, 0.25) is 0 Å². The maximum Gasteiger partial charge on any atom is 0.271 e. The van der Waals surface area contributed by atoms with Crippen molar-refractivity contribution in [1.82, 2.24) is 25.0 Å². The Morgan fingerprint density at radius 2 is 2.18 bits per heavy atom. The van der Waals surface area contributed by atoms with Crippen LogP contribution in [0.15, 0.2) is 29.1 Å². The van der Waals surface area contributed by atoms with Crippen LogP contribution in [-0.4, -0.2) is 51.8 Å². The second-order valence-corrected chi connectivity index (χ2v) is 8.59. The number of pyridine rings is 1. The minimum absolute atomic E-state index is 0.115. The quantitative estimate of drug-likeness (QED) is 0.794. The number of carbonyl (C=O) groups excluding carboxylic acids is 1. The molecule has 0 saturated carbocycles. The van der Waals surface area contributed by atoms with Gasteiger partial charge in [0.15, 0.2) is 0 Å². The molecule has 1 amide bonds. The van der Waals surface area contributed by atoms with Crippen LogP contribution >= 0.6 is 0 Å². The van der Waals surface area contributed by atoms with E-state index in [2.05, 4.69) is 40.3 Å². The number of rotatable bonds is 6. The van der Waals surface area contributed by atoms with E-state index in [9.17, 15) is 9.59 Å². The highest BCUT2D eigenvalue weighted by Gasteiger charge is 2.34. The number of carbonyl (C=O) groups is 1. The smallest absolute Gasteiger partial charge is 0.271 e. The molecule has 1 saturated heterocycles. The van der Waals surface area contributed by atoms with Crippen LogP contribution in [0.5, 0.6) is 0 Å². The van der Waals surface area contributed by atoms with Gasteiger partial charge in [0.05, 0.1) is 0 Å². The molecule has 2 aromatic heterocycles. The summed E-state index contributed by atoms with van der Waals surface area (Å²) in [5, 5.41) is 10.1. The normalized spacial score (nSPS) is 21.5. The van der Waals surface area contributed by atoms with Gasteiger partial charge < -0.3 is 14.8 Å². The Kier molecular flexibility index (Phi) is 5.35. The molecule has 28 heavy (non-hydrogen) atoms. The molecule has 2 bridgehead atoms. The second kappa shape index (κ2) is 7.91. The molecule has 2 aliphatic heterocycles. The average molecular weight is 383 g/mol. The molecule has 2 aromatic rings. The number of aromatic nitrogens is 3. The topological polar surface area (TPSA) is 83.0 Å². The van der Waals surface area contributed by atoms with Gasteiger partial charge in [0.1, 0.15) is 5.69 Å². The Labute approximate surface area is 165 Å². The number of hydrogen-bond donors (Lipinski definition) is 2. The molecule has 0 aliphatic carbocycles. The van der Waals surface area contributed by atoms with E-state index >= 15 is 0 Å². The average Bonchev–Trinajstić information content (AvgIpc) is 3.10. The molecule has 2 N–H and O–H groups in total. The third-order valence-electron chi connectivity index (χ3n) is 5.76. The summed E-state index contributed by atoms with van der Waals surface area (Å²) < 4.78 is 1.95. The highest BCUT2D eigenvalue weighted by atomic mass is 16.2. The zero-order valence-electron chi connectivity index (χ0n) is 16.6. The number of piperidine rings is 1. The third-order valence-corrected chi connectivity index (χ3v) is 5.76. The molecule has 4 rings (SSSR count). The van der Waals surface area contributed by atoms with Gasteiger partial charge in [0.25, 0.3) is 11.5 Å². The van der Waals surface area contributed by atoms with Crippen molar-refractivity contribution in [2.45, 2.75) is 39.2 Å². The molecule has 7 nitrogen and oxygen atoms in total. The largest absolute Gasteiger partial charge is 0.349 e. The first kappa shape index (κ1) is 18.9. The minimum atomic E-state index is -0.125. The van der Waals surface area contributed by atoms with Crippen molar-refractivity contribution in [2.75, 3.05) is 26.2 Å². The number of nitrogens with one attached hydrogen (secondary N) is 2. The van der Waals surface area contributed by atoms with Crippen LogP contribution in [0.25, 0.3) is 0 Å². The fraction of sp³-hybridized carbons (Fsp3) is 0.571. The molecule has 0 spiro atoms. The van der Waals surface area contributed by atoms with Crippen molar-refractivity contribution in [1.29, 1.82) is 0 Å². The van der Waals surface area contributed by atoms with Crippen LogP contribution in [0.1, 0.15) is 48.1 Å². The molecule has 7 heteroatoms. The first-order valence-electron chi connectivity index (χ1n) is 10.2. The summed E-state index contributed by atoms with van der Waals surface area (Å²) in [6.45, 7) is 8.43. The minimum Gasteiger partial charge on any atom is -0.349 e. The molecule has 1 fully saturated rings. The lowest BCUT2D eigenvalue weighted by Crippen LogP contribution is -2.48. The zero-order valence-corrected chi connectivity index (χ0v) is 16.6. The molecule has 0 aromatic carbocycles. The summed E-state index contributed by atoms with van der Waals surface area (Å²) in [4.78, 5) is 26.9. The van der Waals surface area contributed by atoms with Gasteiger partial charge in [-0.05, 0) is 36.8 Å². The summed E-state index contributed by atoms with van der Waals surface area (Å²) in [6, 6.07) is 7.44. The number of H-pyrrole nitrogens is 1. The summed E-state index contributed by atoms with van der Waals surface area (Å²) in [7, 11) is 0. The number of aromatic amines is 1. The van der Waals surface area contributed by atoms with Gasteiger partial charge >= 0.3 is 0 Å². The van der Waals surface area contributed by atoms with Crippen molar-refractivity contribution in [2.24, 2.45) is 11.8 Å². The first-order chi connectivity index (χ1) is 13.5. The lowest BCUT2D eigenvalue weighted by atomic mass is 9.83. The van der Waals surface area contributed by atoms with Gasteiger partial charge in [-0.1, -0.05) is 19.9 Å². The molecule has 2 aliphatic rings. The fourth-order valence-electron chi connectivity index (χ4n) is 4.62. The molecule has 0 radical (unpaired) electrons. The van der Waals surface area contributed by atoms with E-state index in [-0.39, 0.29) is 11.5 Å². The maximum atomic E-state index is 12.3. The Morgan fingerprint density at radius 3 is 3.00 bits per heavy atom. The van der Waals surface area contributed by atoms with Crippen LogP contribution in [0.4, 0.5) is 0 Å². The summed E-state index contributed by atoms with van der Waals surface area (Å²) >= 11 is 0. The van der Waals surface area contributed by atoms with Gasteiger partial charge in [0.2, 0.25) is 0 Å². The first-order valence-corrected chi connectivity index (χ1v) is 10.2. The monoisotopic (exact) mass is 383 g/mol. The van der Waals surface area contributed by atoms with Crippen LogP contribution in [0.3, 0.4) is 0 Å². The van der Waals surface area contributed by atoms with Gasteiger partial charge in [-0.3, -0.25) is 14.7 Å². The summed E-state index contributed by atoms with van der Waals surface area (Å²) in [5.74, 6) is 1.31. The molecule has 0 unspecified atom stereocenters. The van der Waals surface area contributed by atoms with Crippen LogP contribution in [-0.2, 0) is 13.0 Å². The fourth-order valence-corrected chi connectivity index (χ4v) is 4.62. The van der Waals surface area contributed by atoms with Gasteiger partial charge in [-0.2, -0.15) is 5.10 Å².